The Bertz CT molecular complexity index is 952. The topological polar surface area (TPSA) is 109 Å². The van der Waals surface area contributed by atoms with Crippen LogP contribution in [0.25, 0.3) is 0 Å². The van der Waals surface area contributed by atoms with Gasteiger partial charge in [0.05, 0.1) is 12.7 Å². The fourth-order valence-corrected chi connectivity index (χ4v) is 2.74. The normalized spacial score (nSPS) is 10.1. The lowest BCUT2D eigenvalue weighted by Crippen LogP contribution is -2.17. The van der Waals surface area contributed by atoms with E-state index in [2.05, 4.69) is 9.72 Å². The molecule has 1 N–H and O–H groups in total. The van der Waals surface area contributed by atoms with Crippen molar-refractivity contribution in [2.24, 2.45) is 0 Å². The molecule has 0 aliphatic rings. The van der Waals surface area contributed by atoms with Crippen LogP contribution in [0.3, 0.4) is 0 Å². The van der Waals surface area contributed by atoms with Gasteiger partial charge in [-0.25, -0.2) is 4.79 Å². The lowest BCUT2D eigenvalue weighted by Gasteiger charge is -2.11. The fourth-order valence-electron chi connectivity index (χ4n) is 2.74. The highest BCUT2D eigenvalue weighted by atomic mass is 16.5. The Morgan fingerprint density at radius 1 is 1.19 bits per heavy atom. The molecule has 0 saturated heterocycles. The van der Waals surface area contributed by atoms with Gasteiger partial charge in [-0.05, 0) is 49.1 Å². The van der Waals surface area contributed by atoms with E-state index in [-0.39, 0.29) is 18.6 Å². The molecule has 0 aliphatic carbocycles. The molecular formula is C20H20N2O5. The van der Waals surface area contributed by atoms with Gasteiger partial charge in [0.15, 0.2) is 0 Å². The molecular weight excluding hydrogens is 348 g/mol. The number of benzene rings is 1. The minimum atomic E-state index is -0.429. The Hall–Kier alpha value is -3.40. The Labute approximate surface area is 156 Å². The first-order chi connectivity index (χ1) is 12.9. The van der Waals surface area contributed by atoms with Crippen molar-refractivity contribution in [1.29, 1.82) is 5.26 Å². The number of nitrogens with one attached hydrogen (secondary N) is 1. The van der Waals surface area contributed by atoms with Crippen molar-refractivity contribution in [3.05, 3.63) is 68.1 Å². The van der Waals surface area contributed by atoms with Crippen molar-refractivity contribution < 1.29 is 19.1 Å². The van der Waals surface area contributed by atoms with Gasteiger partial charge in [0.1, 0.15) is 18.2 Å². The second-order valence-electron chi connectivity index (χ2n) is 6.02. The largest absolute Gasteiger partial charge is 0.465 e. The summed E-state index contributed by atoms with van der Waals surface area (Å²) in [5, 5.41) is 9.08. The SMILES string of the molecule is COC(=O)c1ccc(COC(=O)CCc2c(C)[nH]c(=O)c(C#N)c2C)cc1. The van der Waals surface area contributed by atoms with Gasteiger partial charge < -0.3 is 14.5 Å². The highest BCUT2D eigenvalue weighted by Crippen LogP contribution is 2.15. The number of aromatic amines is 1. The summed E-state index contributed by atoms with van der Waals surface area (Å²) in [6, 6.07) is 8.47. The highest BCUT2D eigenvalue weighted by Gasteiger charge is 2.14. The van der Waals surface area contributed by atoms with Crippen molar-refractivity contribution in [1.82, 2.24) is 4.98 Å². The van der Waals surface area contributed by atoms with Gasteiger partial charge in [-0.1, -0.05) is 12.1 Å². The molecule has 7 nitrogen and oxygen atoms in total. The van der Waals surface area contributed by atoms with Crippen LogP contribution in [0.2, 0.25) is 0 Å². The molecule has 27 heavy (non-hydrogen) atoms. The average molecular weight is 368 g/mol. The number of nitrogens with zero attached hydrogens (tertiary/aromatic N) is 1. The molecule has 0 saturated carbocycles. The van der Waals surface area contributed by atoms with Gasteiger partial charge in [-0.2, -0.15) is 5.26 Å². The smallest absolute Gasteiger partial charge is 0.337 e. The molecule has 0 radical (unpaired) electrons. The van der Waals surface area contributed by atoms with E-state index in [4.69, 9.17) is 10.00 Å². The van der Waals surface area contributed by atoms with Crippen molar-refractivity contribution >= 4 is 11.9 Å². The Morgan fingerprint density at radius 2 is 1.85 bits per heavy atom. The zero-order valence-corrected chi connectivity index (χ0v) is 15.4. The summed E-state index contributed by atoms with van der Waals surface area (Å²) in [5.74, 6) is -0.822. The number of rotatable bonds is 6. The molecule has 1 heterocycles. The second kappa shape index (κ2) is 8.81. The van der Waals surface area contributed by atoms with Gasteiger partial charge in [-0.3, -0.25) is 9.59 Å². The molecule has 0 atom stereocenters. The third kappa shape index (κ3) is 4.82. The summed E-state index contributed by atoms with van der Waals surface area (Å²) in [4.78, 5) is 37.8. The summed E-state index contributed by atoms with van der Waals surface area (Å²) in [5.41, 5.74) is 2.81. The number of aryl methyl sites for hydroxylation is 1. The molecule has 7 heteroatoms. The summed E-state index contributed by atoms with van der Waals surface area (Å²) >= 11 is 0. The van der Waals surface area contributed by atoms with E-state index in [1.807, 2.05) is 6.07 Å². The first-order valence-corrected chi connectivity index (χ1v) is 8.32. The fraction of sp³-hybridized carbons (Fsp3) is 0.300. The number of carbonyl (C=O) groups is 2. The van der Waals surface area contributed by atoms with Crippen molar-refractivity contribution in [2.45, 2.75) is 33.3 Å². The first-order valence-electron chi connectivity index (χ1n) is 8.32. The quantitative estimate of drug-likeness (QED) is 0.784. The van der Waals surface area contributed by atoms with Crippen LogP contribution in [0.4, 0.5) is 0 Å². The lowest BCUT2D eigenvalue weighted by atomic mass is 9.99. The number of ether oxygens (including phenoxy) is 2. The van der Waals surface area contributed by atoms with E-state index < -0.39 is 17.5 Å². The van der Waals surface area contributed by atoms with Crippen LogP contribution >= 0.6 is 0 Å². The maximum absolute atomic E-state index is 12.0. The van der Waals surface area contributed by atoms with Crippen molar-refractivity contribution in [3.8, 4) is 6.07 Å². The molecule has 2 rings (SSSR count). The number of pyridine rings is 1. The summed E-state index contributed by atoms with van der Waals surface area (Å²) in [6.07, 6.45) is 0.488. The van der Waals surface area contributed by atoms with Crippen LogP contribution in [0, 0.1) is 25.2 Å². The lowest BCUT2D eigenvalue weighted by molar-refractivity contribution is -0.144. The van der Waals surface area contributed by atoms with Crippen LogP contribution in [-0.4, -0.2) is 24.0 Å². The number of aromatic nitrogens is 1. The van der Waals surface area contributed by atoms with E-state index in [1.165, 1.54) is 7.11 Å². The summed E-state index contributed by atoms with van der Waals surface area (Å²) in [6.45, 7) is 3.52. The van der Waals surface area contributed by atoms with Crippen LogP contribution in [-0.2, 0) is 27.3 Å². The molecule has 0 unspecified atom stereocenters. The van der Waals surface area contributed by atoms with Crippen molar-refractivity contribution in [2.75, 3.05) is 7.11 Å². The van der Waals surface area contributed by atoms with E-state index in [9.17, 15) is 14.4 Å². The molecule has 140 valence electrons. The summed E-state index contributed by atoms with van der Waals surface area (Å²) in [7, 11) is 1.31. The number of hydrogen-bond donors (Lipinski definition) is 1. The standard InChI is InChI=1S/C20H20N2O5/c1-12-16(13(2)22-19(24)17(12)10-21)8-9-18(23)27-11-14-4-6-15(7-5-14)20(25)26-3/h4-7H,8-9,11H2,1-3H3,(H,22,24). The summed E-state index contributed by atoms with van der Waals surface area (Å²) < 4.78 is 9.87. The van der Waals surface area contributed by atoms with E-state index in [0.29, 0.717) is 23.2 Å². The molecule has 0 spiro atoms. The zero-order chi connectivity index (χ0) is 20.0. The number of nitriles is 1. The zero-order valence-electron chi connectivity index (χ0n) is 15.4. The predicted molar refractivity (Wildman–Crippen MR) is 97.2 cm³/mol. The van der Waals surface area contributed by atoms with E-state index >= 15 is 0 Å². The third-order valence-corrected chi connectivity index (χ3v) is 4.27. The van der Waals surface area contributed by atoms with Gasteiger partial charge in [0, 0.05) is 12.1 Å². The van der Waals surface area contributed by atoms with Gasteiger partial charge in [0.2, 0.25) is 0 Å². The van der Waals surface area contributed by atoms with Gasteiger partial charge >= 0.3 is 11.9 Å². The first kappa shape index (κ1) is 19.9. The maximum atomic E-state index is 12.0. The maximum Gasteiger partial charge on any atom is 0.337 e. The Kier molecular flexibility index (Phi) is 6.50. The average Bonchev–Trinajstić information content (AvgIpc) is 2.66. The molecule has 1 aromatic carbocycles. The minimum Gasteiger partial charge on any atom is -0.465 e. The highest BCUT2D eigenvalue weighted by molar-refractivity contribution is 5.89. The Morgan fingerprint density at radius 3 is 2.44 bits per heavy atom. The number of H-pyrrole nitrogens is 1. The van der Waals surface area contributed by atoms with E-state index in [1.54, 1.807) is 38.1 Å². The predicted octanol–water partition coefficient (Wildman–Crippen LogP) is 2.33. The number of esters is 2. The van der Waals surface area contributed by atoms with Crippen LogP contribution in [0.5, 0.6) is 0 Å². The van der Waals surface area contributed by atoms with Crippen LogP contribution in [0.1, 0.15) is 44.7 Å². The molecule has 2 aromatic rings. The molecule has 0 aliphatic heterocycles. The van der Waals surface area contributed by atoms with E-state index in [0.717, 1.165) is 11.1 Å². The third-order valence-electron chi connectivity index (χ3n) is 4.27. The van der Waals surface area contributed by atoms with Crippen LogP contribution < -0.4 is 5.56 Å². The van der Waals surface area contributed by atoms with Crippen molar-refractivity contribution in [3.63, 3.8) is 0 Å². The Balaban J connectivity index is 1.95. The number of hydrogen-bond acceptors (Lipinski definition) is 6. The number of carbonyl (C=O) groups excluding carboxylic acids is 2. The van der Waals surface area contributed by atoms with Gasteiger partial charge in [0.25, 0.3) is 5.56 Å². The molecule has 0 fully saturated rings. The minimum absolute atomic E-state index is 0.0645. The molecule has 0 amide bonds. The number of methoxy groups -OCH3 is 1. The second-order valence-corrected chi connectivity index (χ2v) is 6.02. The molecule has 0 bridgehead atoms. The van der Waals surface area contributed by atoms with Gasteiger partial charge in [-0.15, -0.1) is 0 Å². The monoisotopic (exact) mass is 368 g/mol. The molecule has 1 aromatic heterocycles. The van der Waals surface area contributed by atoms with Crippen LogP contribution in [0.15, 0.2) is 29.1 Å².